The molecule has 1 saturated carbocycles. The lowest BCUT2D eigenvalue weighted by Crippen LogP contribution is -2.47. The Hall–Kier alpha value is -2.11. The lowest BCUT2D eigenvalue weighted by molar-refractivity contribution is -0.252. The minimum Gasteiger partial charge on any atom is -0.356 e. The molecule has 9 heteroatoms. The van der Waals surface area contributed by atoms with Gasteiger partial charge in [0.15, 0.2) is 6.19 Å². The van der Waals surface area contributed by atoms with E-state index in [0.29, 0.717) is 6.21 Å². The summed E-state index contributed by atoms with van der Waals surface area (Å²) in [6.45, 7) is -0.0432. The number of hydrogen-bond donors (Lipinski definition) is 1. The lowest BCUT2D eigenvalue weighted by Gasteiger charge is -2.33. The van der Waals surface area contributed by atoms with Crippen LogP contribution in [-0.4, -0.2) is 25.0 Å². The fraction of sp³-hybridized carbons (Fsp3) is 0.400. The van der Waals surface area contributed by atoms with Crippen molar-refractivity contribution in [1.29, 1.82) is 5.26 Å². The summed E-state index contributed by atoms with van der Waals surface area (Å²) in [5.41, 5.74) is -3.03. The minimum absolute atomic E-state index is 0.0113. The monoisotopic (exact) mass is 356 g/mol. The van der Waals surface area contributed by atoms with Crippen molar-refractivity contribution >= 4 is 29.5 Å². The van der Waals surface area contributed by atoms with Crippen LogP contribution in [0.3, 0.4) is 0 Å². The first-order valence-electron chi connectivity index (χ1n) is 7.15. The third kappa shape index (κ3) is 3.09. The number of nitriles is 1. The molecule has 1 aliphatic carbocycles. The van der Waals surface area contributed by atoms with Crippen LogP contribution in [0.5, 0.6) is 0 Å². The molecule has 1 aromatic rings. The van der Waals surface area contributed by atoms with Crippen LogP contribution in [0.25, 0.3) is 0 Å². The molecule has 5 nitrogen and oxygen atoms in total. The van der Waals surface area contributed by atoms with Gasteiger partial charge in [-0.25, -0.2) is 9.98 Å². The molecule has 0 bridgehead atoms. The third-order valence-electron chi connectivity index (χ3n) is 3.79. The maximum atomic E-state index is 14.0. The topological polar surface area (TPSA) is 69.8 Å². The van der Waals surface area contributed by atoms with Gasteiger partial charge in [0, 0.05) is 10.6 Å². The van der Waals surface area contributed by atoms with E-state index in [0.717, 1.165) is 12.8 Å². The Morgan fingerprint density at radius 3 is 2.79 bits per heavy atom. The molecule has 0 amide bonds. The zero-order chi connectivity index (χ0) is 17.4. The summed E-state index contributed by atoms with van der Waals surface area (Å²) in [6, 6.07) is 3.93. The fourth-order valence-corrected chi connectivity index (χ4v) is 2.51. The standard InChI is InChI=1S/C15H12ClF3N4O/c16-10-3-4-12-11(5-10)14(15(17,18)19,24-6-9-1-2-9)7-21-13(23-12)22-8-20/h3-5,7,9H,1-2,6H2,(H,22,23). The Morgan fingerprint density at radius 1 is 1.42 bits per heavy atom. The highest BCUT2D eigenvalue weighted by Crippen LogP contribution is 2.47. The van der Waals surface area contributed by atoms with Gasteiger partial charge in [0.1, 0.15) is 0 Å². The molecular weight excluding hydrogens is 345 g/mol. The van der Waals surface area contributed by atoms with Gasteiger partial charge >= 0.3 is 6.18 Å². The second-order valence-electron chi connectivity index (χ2n) is 5.58. The van der Waals surface area contributed by atoms with Crippen LogP contribution in [0, 0.1) is 17.4 Å². The van der Waals surface area contributed by atoms with Crippen LogP contribution in [0.2, 0.25) is 5.02 Å². The summed E-state index contributed by atoms with van der Waals surface area (Å²) in [5.74, 6) is -0.136. The molecule has 0 aromatic heterocycles. The highest BCUT2D eigenvalue weighted by atomic mass is 35.5. The predicted molar refractivity (Wildman–Crippen MR) is 82.2 cm³/mol. The first-order valence-corrected chi connectivity index (χ1v) is 7.53. The molecule has 1 heterocycles. The molecule has 3 rings (SSSR count). The SMILES string of the molecule is N#CNC1=Nc2ccc(Cl)cc2C(OCC2CC2)(C(F)(F)F)C=N1. The highest BCUT2D eigenvalue weighted by molar-refractivity contribution is 6.30. The van der Waals surface area contributed by atoms with Crippen molar-refractivity contribution in [2.75, 3.05) is 6.61 Å². The van der Waals surface area contributed by atoms with Crippen LogP contribution in [0.1, 0.15) is 18.4 Å². The normalized spacial score (nSPS) is 23.0. The number of halogens is 4. The van der Waals surface area contributed by atoms with Gasteiger partial charge in [-0.1, -0.05) is 11.6 Å². The van der Waals surface area contributed by atoms with E-state index in [1.165, 1.54) is 18.2 Å². The fourth-order valence-electron chi connectivity index (χ4n) is 2.33. The van der Waals surface area contributed by atoms with Gasteiger partial charge in [-0.3, -0.25) is 5.32 Å². The van der Waals surface area contributed by atoms with E-state index in [2.05, 4.69) is 15.3 Å². The Labute approximate surface area is 140 Å². The lowest BCUT2D eigenvalue weighted by atomic mass is 9.92. The molecule has 126 valence electrons. The van der Waals surface area contributed by atoms with Crippen molar-refractivity contribution in [3.8, 4) is 6.19 Å². The molecule has 1 atom stereocenters. The van der Waals surface area contributed by atoms with Crippen molar-refractivity contribution in [2.24, 2.45) is 15.9 Å². The second kappa shape index (κ2) is 6.07. The third-order valence-corrected chi connectivity index (χ3v) is 4.02. The zero-order valence-corrected chi connectivity index (χ0v) is 13.0. The first kappa shape index (κ1) is 16.7. The molecule has 24 heavy (non-hydrogen) atoms. The number of ether oxygens (including phenoxy) is 1. The summed E-state index contributed by atoms with van der Waals surface area (Å²) >= 11 is 5.90. The van der Waals surface area contributed by atoms with Gasteiger partial charge in [-0.15, -0.1) is 0 Å². The molecule has 1 N–H and O–H groups in total. The van der Waals surface area contributed by atoms with Crippen LogP contribution >= 0.6 is 11.6 Å². The maximum absolute atomic E-state index is 14.0. The van der Waals surface area contributed by atoms with Gasteiger partial charge in [0.25, 0.3) is 0 Å². The minimum atomic E-state index is -4.78. The van der Waals surface area contributed by atoms with Crippen LogP contribution in [0.15, 0.2) is 28.2 Å². The van der Waals surface area contributed by atoms with Gasteiger partial charge in [0.05, 0.1) is 18.5 Å². The summed E-state index contributed by atoms with van der Waals surface area (Å²) in [5, 5.41) is 11.0. The van der Waals surface area contributed by atoms with Crippen LogP contribution in [0.4, 0.5) is 18.9 Å². The zero-order valence-electron chi connectivity index (χ0n) is 12.3. The highest BCUT2D eigenvalue weighted by Gasteiger charge is 2.58. The van der Waals surface area contributed by atoms with Gasteiger partial charge in [-0.05, 0) is 37.0 Å². The van der Waals surface area contributed by atoms with E-state index >= 15 is 0 Å². The number of fused-ring (bicyclic) bond motifs is 1. The molecule has 0 radical (unpaired) electrons. The molecule has 1 aromatic carbocycles. The Morgan fingerprint density at radius 2 is 2.17 bits per heavy atom. The number of rotatable bonds is 3. The second-order valence-corrected chi connectivity index (χ2v) is 6.02. The number of nitrogens with one attached hydrogen (secondary N) is 1. The van der Waals surface area contributed by atoms with Gasteiger partial charge < -0.3 is 4.74 Å². The maximum Gasteiger partial charge on any atom is 0.427 e. The molecule has 1 unspecified atom stereocenters. The van der Waals surface area contributed by atoms with Crippen molar-refractivity contribution < 1.29 is 17.9 Å². The summed E-state index contributed by atoms with van der Waals surface area (Å²) in [6.07, 6.45) is -0.868. The van der Waals surface area contributed by atoms with E-state index in [1.54, 1.807) is 6.19 Å². The summed E-state index contributed by atoms with van der Waals surface area (Å²) < 4.78 is 47.3. The molecule has 2 aliphatic rings. The Bertz CT molecular complexity index is 752. The number of guanidine groups is 1. The van der Waals surface area contributed by atoms with Gasteiger partial charge in [-0.2, -0.15) is 18.4 Å². The number of nitrogens with zero attached hydrogens (tertiary/aromatic N) is 3. The van der Waals surface area contributed by atoms with E-state index in [9.17, 15) is 13.2 Å². The average molecular weight is 357 g/mol. The number of hydrogen-bond acceptors (Lipinski definition) is 5. The Balaban J connectivity index is 2.15. The average Bonchev–Trinajstić information content (AvgIpc) is 3.32. The predicted octanol–water partition coefficient (Wildman–Crippen LogP) is 3.67. The molecule has 1 aliphatic heterocycles. The van der Waals surface area contributed by atoms with E-state index < -0.39 is 11.8 Å². The molecular formula is C15H12ClF3N4O. The van der Waals surface area contributed by atoms with Crippen LogP contribution in [-0.2, 0) is 10.3 Å². The largest absolute Gasteiger partial charge is 0.427 e. The van der Waals surface area contributed by atoms with Crippen LogP contribution < -0.4 is 5.32 Å². The number of alkyl halides is 3. The van der Waals surface area contributed by atoms with Crippen molar-refractivity contribution in [3.63, 3.8) is 0 Å². The molecule has 0 saturated heterocycles. The van der Waals surface area contributed by atoms with Crippen molar-refractivity contribution in [3.05, 3.63) is 28.8 Å². The number of benzene rings is 1. The molecule has 1 fully saturated rings. The molecule has 0 spiro atoms. The van der Waals surface area contributed by atoms with E-state index in [4.69, 9.17) is 21.6 Å². The van der Waals surface area contributed by atoms with Gasteiger partial charge in [0.2, 0.25) is 11.6 Å². The quantitative estimate of drug-likeness (QED) is 0.663. The van der Waals surface area contributed by atoms with Crippen molar-refractivity contribution in [1.82, 2.24) is 5.32 Å². The smallest absolute Gasteiger partial charge is 0.356 e. The van der Waals surface area contributed by atoms with E-state index in [-0.39, 0.29) is 34.8 Å². The van der Waals surface area contributed by atoms with E-state index in [1.807, 2.05) is 0 Å². The van der Waals surface area contributed by atoms with Crippen molar-refractivity contribution in [2.45, 2.75) is 24.6 Å². The summed E-state index contributed by atoms with van der Waals surface area (Å²) in [7, 11) is 0. The first-order chi connectivity index (χ1) is 11.4. The number of aliphatic imine (C=N–C) groups is 2. The summed E-state index contributed by atoms with van der Waals surface area (Å²) in [4.78, 5) is 7.65. The Kier molecular flexibility index (Phi) is 4.24.